The van der Waals surface area contributed by atoms with Crippen LogP contribution in [0.1, 0.15) is 17.7 Å². The molecule has 0 bridgehead atoms. The Morgan fingerprint density at radius 2 is 1.77 bits per heavy atom. The smallest absolute Gasteiger partial charge is 0.266 e. The summed E-state index contributed by atoms with van der Waals surface area (Å²) in [6.45, 7) is 1.94. The zero-order valence-corrected chi connectivity index (χ0v) is 15.0. The number of halogens is 1. The molecule has 0 amide bonds. The summed E-state index contributed by atoms with van der Waals surface area (Å²) in [6.07, 6.45) is 2.72. The first-order chi connectivity index (χ1) is 12.4. The summed E-state index contributed by atoms with van der Waals surface area (Å²) in [6, 6.07) is 12.4. The third-order valence-corrected chi connectivity index (χ3v) is 5.08. The van der Waals surface area contributed by atoms with Crippen LogP contribution in [-0.2, 0) is 20.7 Å². The molecule has 3 aromatic rings. The average molecular weight is 375 g/mol. The van der Waals surface area contributed by atoms with Gasteiger partial charge in [0.1, 0.15) is 5.82 Å². The van der Waals surface area contributed by atoms with Crippen LogP contribution in [0.4, 0.5) is 4.39 Å². The van der Waals surface area contributed by atoms with E-state index in [-0.39, 0.29) is 17.3 Å². The predicted molar refractivity (Wildman–Crippen MR) is 94.0 cm³/mol. The maximum absolute atomic E-state index is 12.9. The van der Waals surface area contributed by atoms with E-state index in [2.05, 4.69) is 10.3 Å². The van der Waals surface area contributed by atoms with E-state index in [9.17, 15) is 12.8 Å². The van der Waals surface area contributed by atoms with E-state index >= 15 is 0 Å². The lowest BCUT2D eigenvalue weighted by Crippen LogP contribution is -2.08. The van der Waals surface area contributed by atoms with Crippen molar-refractivity contribution in [1.29, 1.82) is 0 Å². The van der Waals surface area contributed by atoms with Crippen LogP contribution in [0.15, 0.2) is 59.6 Å². The highest BCUT2D eigenvalue weighted by Crippen LogP contribution is 2.14. The van der Waals surface area contributed by atoms with Crippen LogP contribution in [-0.4, -0.2) is 30.0 Å². The summed E-state index contributed by atoms with van der Waals surface area (Å²) in [5, 5.41) is 8.02. The fourth-order valence-electron chi connectivity index (χ4n) is 2.33. The number of aryl methyl sites for hydroxylation is 2. The summed E-state index contributed by atoms with van der Waals surface area (Å²) in [5.74, 6) is -0.318. The Morgan fingerprint density at radius 3 is 2.46 bits per heavy atom. The first kappa shape index (κ1) is 18.2. The molecule has 1 aromatic heterocycles. The number of nitrogens with zero attached hydrogens (tertiary/aromatic N) is 3. The fraction of sp³-hybridized carbons (Fsp3) is 0.222. The minimum absolute atomic E-state index is 0.0552. The van der Waals surface area contributed by atoms with Gasteiger partial charge >= 0.3 is 0 Å². The van der Waals surface area contributed by atoms with E-state index in [1.165, 1.54) is 24.3 Å². The van der Waals surface area contributed by atoms with Crippen LogP contribution in [0.5, 0.6) is 0 Å². The van der Waals surface area contributed by atoms with Crippen molar-refractivity contribution in [2.75, 3.05) is 6.61 Å². The molecule has 26 heavy (non-hydrogen) atoms. The summed E-state index contributed by atoms with van der Waals surface area (Å²) in [7, 11) is -3.75. The van der Waals surface area contributed by atoms with E-state index in [1.54, 1.807) is 35.1 Å². The summed E-state index contributed by atoms with van der Waals surface area (Å²) in [5.41, 5.74) is 2.38. The van der Waals surface area contributed by atoms with Crippen molar-refractivity contribution in [1.82, 2.24) is 15.0 Å². The summed E-state index contributed by atoms with van der Waals surface area (Å²) in [4.78, 5) is 0.144. The SMILES string of the molecule is Cc1ccc(S(=O)(=O)OCCCc2cn(-c3ccc(F)cc3)nn2)cc1. The second kappa shape index (κ2) is 7.76. The highest BCUT2D eigenvalue weighted by Gasteiger charge is 2.14. The van der Waals surface area contributed by atoms with Gasteiger partial charge in [-0.2, -0.15) is 8.42 Å². The molecular formula is C18H18FN3O3S. The number of hydrogen-bond donors (Lipinski definition) is 0. The Balaban J connectivity index is 1.52. The van der Waals surface area contributed by atoms with Crippen molar-refractivity contribution in [3.05, 3.63) is 71.8 Å². The Kier molecular flexibility index (Phi) is 5.43. The molecule has 0 atom stereocenters. The van der Waals surface area contributed by atoms with E-state index in [4.69, 9.17) is 4.18 Å². The molecule has 0 aliphatic carbocycles. The molecule has 8 heteroatoms. The van der Waals surface area contributed by atoms with Crippen LogP contribution in [0, 0.1) is 12.7 Å². The number of rotatable bonds is 7. The molecule has 0 saturated carbocycles. The third-order valence-electron chi connectivity index (χ3n) is 3.76. The van der Waals surface area contributed by atoms with Crippen LogP contribution in [0.3, 0.4) is 0 Å². The molecule has 6 nitrogen and oxygen atoms in total. The van der Waals surface area contributed by atoms with Gasteiger partial charge in [-0.15, -0.1) is 5.10 Å². The number of aromatic nitrogens is 3. The maximum Gasteiger partial charge on any atom is 0.296 e. The van der Waals surface area contributed by atoms with Gasteiger partial charge in [0.2, 0.25) is 0 Å². The third kappa shape index (κ3) is 4.53. The van der Waals surface area contributed by atoms with Gasteiger partial charge in [0.25, 0.3) is 10.1 Å². The lowest BCUT2D eigenvalue weighted by molar-refractivity contribution is 0.312. The van der Waals surface area contributed by atoms with Gasteiger partial charge in [-0.05, 0) is 56.2 Å². The normalized spacial score (nSPS) is 11.6. The Morgan fingerprint density at radius 1 is 1.08 bits per heavy atom. The summed E-state index contributed by atoms with van der Waals surface area (Å²) >= 11 is 0. The maximum atomic E-state index is 12.9. The predicted octanol–water partition coefficient (Wildman–Crippen LogP) is 3.05. The van der Waals surface area contributed by atoms with Crippen molar-refractivity contribution in [3.8, 4) is 5.69 Å². The lowest BCUT2D eigenvalue weighted by Gasteiger charge is -2.05. The van der Waals surface area contributed by atoms with Gasteiger partial charge in [-0.1, -0.05) is 22.9 Å². The largest absolute Gasteiger partial charge is 0.296 e. The molecule has 0 radical (unpaired) electrons. The van der Waals surface area contributed by atoms with Crippen molar-refractivity contribution in [3.63, 3.8) is 0 Å². The van der Waals surface area contributed by atoms with Crippen LogP contribution in [0.25, 0.3) is 5.69 Å². The fourth-order valence-corrected chi connectivity index (χ4v) is 3.27. The van der Waals surface area contributed by atoms with Crippen molar-refractivity contribution >= 4 is 10.1 Å². The molecule has 3 rings (SSSR count). The lowest BCUT2D eigenvalue weighted by atomic mass is 10.2. The molecule has 0 saturated heterocycles. The molecule has 0 aliphatic rings. The van der Waals surface area contributed by atoms with Gasteiger partial charge in [0.05, 0.1) is 29.1 Å². The average Bonchev–Trinajstić information content (AvgIpc) is 3.09. The van der Waals surface area contributed by atoms with Crippen LogP contribution >= 0.6 is 0 Å². The van der Waals surface area contributed by atoms with Gasteiger partial charge in [-0.25, -0.2) is 9.07 Å². The molecule has 2 aromatic carbocycles. The molecule has 0 spiro atoms. The van der Waals surface area contributed by atoms with Crippen molar-refractivity contribution in [2.45, 2.75) is 24.7 Å². The van der Waals surface area contributed by atoms with E-state index in [0.29, 0.717) is 24.2 Å². The molecule has 136 valence electrons. The Labute approximate surface area is 151 Å². The first-order valence-electron chi connectivity index (χ1n) is 8.07. The number of benzene rings is 2. The Bertz CT molecular complexity index is 968. The molecule has 0 aliphatic heterocycles. The van der Waals surface area contributed by atoms with Gasteiger partial charge < -0.3 is 0 Å². The van der Waals surface area contributed by atoms with Gasteiger partial charge in [0, 0.05) is 0 Å². The van der Waals surface area contributed by atoms with Gasteiger partial charge in [0.15, 0.2) is 0 Å². The van der Waals surface area contributed by atoms with Crippen molar-refractivity contribution in [2.24, 2.45) is 0 Å². The summed E-state index contributed by atoms with van der Waals surface area (Å²) < 4.78 is 43.7. The van der Waals surface area contributed by atoms with Crippen LogP contribution in [0.2, 0.25) is 0 Å². The topological polar surface area (TPSA) is 74.1 Å². The standard InChI is InChI=1S/C18H18FN3O3S/c1-14-4-10-18(11-5-14)26(23,24)25-12-2-3-16-13-22(21-20-16)17-8-6-15(19)7-9-17/h4-11,13H,2-3,12H2,1H3. The number of hydrogen-bond acceptors (Lipinski definition) is 5. The zero-order chi connectivity index (χ0) is 18.6. The molecule has 0 unspecified atom stereocenters. The monoisotopic (exact) mass is 375 g/mol. The van der Waals surface area contributed by atoms with E-state index in [1.807, 2.05) is 6.92 Å². The minimum Gasteiger partial charge on any atom is -0.266 e. The highest BCUT2D eigenvalue weighted by molar-refractivity contribution is 7.86. The first-order valence-corrected chi connectivity index (χ1v) is 9.48. The highest BCUT2D eigenvalue weighted by atomic mass is 32.2. The quantitative estimate of drug-likeness (QED) is 0.469. The minimum atomic E-state index is -3.75. The second-order valence-corrected chi connectivity index (χ2v) is 7.44. The molecule has 0 fully saturated rings. The Hall–Kier alpha value is -2.58. The second-order valence-electron chi connectivity index (χ2n) is 5.82. The van der Waals surface area contributed by atoms with Gasteiger partial charge in [-0.3, -0.25) is 4.18 Å². The van der Waals surface area contributed by atoms with Crippen molar-refractivity contribution < 1.29 is 17.0 Å². The van der Waals surface area contributed by atoms with E-state index < -0.39 is 10.1 Å². The van der Waals surface area contributed by atoms with Crippen LogP contribution < -0.4 is 0 Å². The molecule has 1 heterocycles. The van der Waals surface area contributed by atoms with E-state index in [0.717, 1.165) is 5.56 Å². The molecule has 0 N–H and O–H groups in total. The molecular weight excluding hydrogens is 357 g/mol. The zero-order valence-electron chi connectivity index (χ0n) is 14.2.